The summed E-state index contributed by atoms with van der Waals surface area (Å²) in [5.74, 6) is -0.191. The van der Waals surface area contributed by atoms with Crippen LogP contribution in [-0.2, 0) is 26.0 Å². The first-order chi connectivity index (χ1) is 19.9. The van der Waals surface area contributed by atoms with Crippen molar-refractivity contribution in [2.75, 3.05) is 31.6 Å². The molecule has 0 radical (unpaired) electrons. The summed E-state index contributed by atoms with van der Waals surface area (Å²) >= 11 is 0. The van der Waals surface area contributed by atoms with Crippen LogP contribution in [0.3, 0.4) is 0 Å². The van der Waals surface area contributed by atoms with Gasteiger partial charge in [0.05, 0.1) is 24.8 Å². The normalized spacial score (nSPS) is 12.0. The Hall–Kier alpha value is -4.05. The Bertz CT molecular complexity index is 1470. The number of carbonyl (C=O) groups is 2. The molecule has 1 atom stereocenters. The van der Waals surface area contributed by atoms with E-state index in [0.717, 1.165) is 21.0 Å². The molecular weight excluding hydrogens is 554 g/mol. The van der Waals surface area contributed by atoms with Crippen LogP contribution in [0.25, 0.3) is 0 Å². The third kappa shape index (κ3) is 8.03. The Morgan fingerprint density at radius 2 is 1.48 bits per heavy atom. The maximum absolute atomic E-state index is 14.2. The molecule has 3 aromatic carbocycles. The second-order valence-corrected chi connectivity index (χ2v) is 12.4. The van der Waals surface area contributed by atoms with Crippen molar-refractivity contribution in [2.45, 2.75) is 58.0 Å². The summed E-state index contributed by atoms with van der Waals surface area (Å²) in [6.07, 6.45) is 0.498. The topological polar surface area (TPSA) is 105 Å². The van der Waals surface area contributed by atoms with Crippen molar-refractivity contribution in [1.82, 2.24) is 10.2 Å². The van der Waals surface area contributed by atoms with E-state index in [1.54, 1.807) is 19.1 Å². The first-order valence-corrected chi connectivity index (χ1v) is 15.3. The maximum Gasteiger partial charge on any atom is 0.264 e. The molecule has 1 N–H and O–H groups in total. The minimum Gasteiger partial charge on any atom is -0.493 e. The molecule has 0 saturated carbocycles. The van der Waals surface area contributed by atoms with Crippen molar-refractivity contribution in [1.29, 1.82) is 0 Å². The molecule has 0 aliphatic rings. The Morgan fingerprint density at radius 1 is 0.857 bits per heavy atom. The van der Waals surface area contributed by atoms with Crippen LogP contribution >= 0.6 is 0 Å². The molecule has 3 rings (SSSR count). The summed E-state index contributed by atoms with van der Waals surface area (Å²) in [5.41, 5.74) is 3.03. The highest BCUT2D eigenvalue weighted by Crippen LogP contribution is 2.33. The lowest BCUT2D eigenvalue weighted by Crippen LogP contribution is -2.53. The van der Waals surface area contributed by atoms with E-state index in [0.29, 0.717) is 17.9 Å². The summed E-state index contributed by atoms with van der Waals surface area (Å²) in [7, 11) is -1.37. The zero-order chi connectivity index (χ0) is 31.0. The van der Waals surface area contributed by atoms with Crippen molar-refractivity contribution in [3.8, 4) is 11.5 Å². The van der Waals surface area contributed by atoms with E-state index in [1.807, 2.05) is 64.1 Å². The van der Waals surface area contributed by atoms with Gasteiger partial charge in [-0.3, -0.25) is 13.9 Å². The quantitative estimate of drug-likeness (QED) is 0.312. The fourth-order valence-electron chi connectivity index (χ4n) is 4.70. The second kappa shape index (κ2) is 14.2. The van der Waals surface area contributed by atoms with E-state index >= 15 is 0 Å². The van der Waals surface area contributed by atoms with Crippen molar-refractivity contribution < 1.29 is 27.5 Å². The molecule has 0 aromatic heterocycles. The first-order valence-electron chi connectivity index (χ1n) is 13.8. The van der Waals surface area contributed by atoms with Crippen LogP contribution in [0, 0.1) is 13.8 Å². The van der Waals surface area contributed by atoms with Crippen LogP contribution in [0.2, 0.25) is 0 Å². The number of nitrogens with zero attached hydrogens (tertiary/aromatic N) is 2. The molecule has 0 unspecified atom stereocenters. The number of ether oxygens (including phenoxy) is 2. The molecule has 0 bridgehead atoms. The highest BCUT2D eigenvalue weighted by atomic mass is 32.2. The molecule has 0 heterocycles. The molecule has 0 aliphatic heterocycles. The number of rotatable bonds is 13. The maximum atomic E-state index is 14.2. The third-order valence-electron chi connectivity index (χ3n) is 6.80. The monoisotopic (exact) mass is 595 g/mol. The number of benzene rings is 3. The molecular formula is C32H41N3O6S. The van der Waals surface area contributed by atoms with Crippen LogP contribution in [-0.4, -0.2) is 64.5 Å². The second-order valence-electron chi connectivity index (χ2n) is 10.5. The number of aryl methyl sites for hydroxylation is 2. The largest absolute Gasteiger partial charge is 0.493 e. The molecule has 226 valence electrons. The Kier molecular flexibility index (Phi) is 11.0. The molecule has 0 saturated heterocycles. The minimum absolute atomic E-state index is 0.0615. The SMILES string of the molecule is COc1ccc(S(=O)(=O)N(CC(=O)N(CCc2ccccc2)[C@H](C)C(=O)NC(C)C)c2cc(C)cc(C)c2)cc1OC. The number of amides is 2. The molecule has 0 aliphatic carbocycles. The summed E-state index contributed by atoms with van der Waals surface area (Å²) in [6, 6.07) is 18.4. The highest BCUT2D eigenvalue weighted by molar-refractivity contribution is 7.92. The molecule has 9 nitrogen and oxygen atoms in total. The van der Waals surface area contributed by atoms with Gasteiger partial charge in [-0.05, 0) is 82.0 Å². The van der Waals surface area contributed by atoms with Gasteiger partial charge in [-0.15, -0.1) is 0 Å². The fraction of sp³-hybridized carbons (Fsp3) is 0.375. The van der Waals surface area contributed by atoms with Crippen LogP contribution in [0.4, 0.5) is 5.69 Å². The number of carbonyl (C=O) groups excluding carboxylic acids is 2. The third-order valence-corrected chi connectivity index (χ3v) is 8.57. The molecule has 0 spiro atoms. The molecule has 2 amide bonds. The van der Waals surface area contributed by atoms with Crippen LogP contribution < -0.4 is 19.1 Å². The van der Waals surface area contributed by atoms with Gasteiger partial charge in [-0.2, -0.15) is 0 Å². The van der Waals surface area contributed by atoms with Gasteiger partial charge in [0.15, 0.2) is 11.5 Å². The predicted molar refractivity (Wildman–Crippen MR) is 165 cm³/mol. The van der Waals surface area contributed by atoms with E-state index in [9.17, 15) is 18.0 Å². The predicted octanol–water partition coefficient (Wildman–Crippen LogP) is 4.50. The molecule has 3 aromatic rings. The average Bonchev–Trinajstić information content (AvgIpc) is 2.94. The summed E-state index contributed by atoms with van der Waals surface area (Å²) < 4.78 is 40.1. The van der Waals surface area contributed by atoms with Crippen LogP contribution in [0.1, 0.15) is 37.5 Å². The van der Waals surface area contributed by atoms with Gasteiger partial charge in [0, 0.05) is 18.7 Å². The van der Waals surface area contributed by atoms with Gasteiger partial charge < -0.3 is 19.7 Å². The summed E-state index contributed by atoms with van der Waals surface area (Å²) in [6.45, 7) is 8.80. The van der Waals surface area contributed by atoms with Gasteiger partial charge in [0.1, 0.15) is 12.6 Å². The van der Waals surface area contributed by atoms with Crippen molar-refractivity contribution in [3.05, 3.63) is 83.4 Å². The van der Waals surface area contributed by atoms with Gasteiger partial charge in [0.25, 0.3) is 10.0 Å². The number of methoxy groups -OCH3 is 2. The lowest BCUT2D eigenvalue weighted by atomic mass is 10.1. The average molecular weight is 596 g/mol. The van der Waals surface area contributed by atoms with Crippen LogP contribution in [0.15, 0.2) is 71.6 Å². The van der Waals surface area contributed by atoms with E-state index in [2.05, 4.69) is 5.32 Å². The van der Waals surface area contributed by atoms with Crippen molar-refractivity contribution in [2.24, 2.45) is 0 Å². The van der Waals surface area contributed by atoms with E-state index in [4.69, 9.17) is 9.47 Å². The Labute approximate surface area is 249 Å². The van der Waals surface area contributed by atoms with Crippen LogP contribution in [0.5, 0.6) is 11.5 Å². The minimum atomic E-state index is -4.26. The van der Waals surface area contributed by atoms with E-state index < -0.39 is 28.5 Å². The van der Waals surface area contributed by atoms with Gasteiger partial charge in [-0.25, -0.2) is 8.42 Å². The number of anilines is 1. The van der Waals surface area contributed by atoms with Gasteiger partial charge in [-0.1, -0.05) is 36.4 Å². The Morgan fingerprint density at radius 3 is 2.05 bits per heavy atom. The van der Waals surface area contributed by atoms with Gasteiger partial charge in [0.2, 0.25) is 11.8 Å². The van der Waals surface area contributed by atoms with Crippen molar-refractivity contribution in [3.63, 3.8) is 0 Å². The smallest absolute Gasteiger partial charge is 0.264 e. The first kappa shape index (κ1) is 32.5. The number of nitrogens with one attached hydrogen (secondary N) is 1. The molecule has 0 fully saturated rings. The van der Waals surface area contributed by atoms with E-state index in [-0.39, 0.29) is 29.1 Å². The number of hydrogen-bond acceptors (Lipinski definition) is 6. The van der Waals surface area contributed by atoms with E-state index in [1.165, 1.54) is 37.3 Å². The summed E-state index contributed by atoms with van der Waals surface area (Å²) in [4.78, 5) is 28.5. The fourth-order valence-corrected chi connectivity index (χ4v) is 6.12. The number of hydrogen-bond donors (Lipinski definition) is 1. The zero-order valence-electron chi connectivity index (χ0n) is 25.4. The van der Waals surface area contributed by atoms with Gasteiger partial charge >= 0.3 is 0 Å². The Balaban J connectivity index is 2.06. The summed E-state index contributed by atoms with van der Waals surface area (Å²) in [5, 5.41) is 2.87. The zero-order valence-corrected chi connectivity index (χ0v) is 26.2. The molecule has 42 heavy (non-hydrogen) atoms. The standard InChI is InChI=1S/C32H41N3O6S/c1-22(2)33-32(37)25(5)34(16-15-26-11-9-8-10-12-26)31(36)21-35(27-18-23(3)17-24(4)19-27)42(38,39)28-13-14-29(40-6)30(20-28)41-7/h8-14,17-20,22,25H,15-16,21H2,1-7H3,(H,33,37)/t25-/m1/s1. The molecule has 10 heteroatoms. The lowest BCUT2D eigenvalue weighted by molar-refractivity contribution is -0.139. The highest BCUT2D eigenvalue weighted by Gasteiger charge is 2.33. The lowest BCUT2D eigenvalue weighted by Gasteiger charge is -2.32. The van der Waals surface area contributed by atoms with Crippen molar-refractivity contribution >= 4 is 27.5 Å². The number of sulfonamides is 1.